The summed E-state index contributed by atoms with van der Waals surface area (Å²) in [6.45, 7) is 0. The first-order valence-electron chi connectivity index (χ1n) is 8.36. The van der Waals surface area contributed by atoms with Crippen LogP contribution >= 0.6 is 0 Å². The van der Waals surface area contributed by atoms with Gasteiger partial charge in [0.1, 0.15) is 34.1 Å². The lowest BCUT2D eigenvalue weighted by Gasteiger charge is -2.09. The Hall–Kier alpha value is -3.52. The zero-order valence-corrected chi connectivity index (χ0v) is 15.5. The molecule has 0 aliphatic carbocycles. The predicted octanol–water partition coefficient (Wildman–Crippen LogP) is 4.51. The highest BCUT2D eigenvalue weighted by molar-refractivity contribution is 7.87. The molecule has 0 bridgehead atoms. The first-order chi connectivity index (χ1) is 13.8. The molecule has 0 spiro atoms. The monoisotopic (exact) mass is 414 g/mol. The summed E-state index contributed by atoms with van der Waals surface area (Å²) < 4.78 is 62.1. The molecule has 0 aliphatic rings. The molecule has 0 saturated heterocycles. The Morgan fingerprint density at radius 1 is 0.897 bits per heavy atom. The van der Waals surface area contributed by atoms with E-state index in [0.29, 0.717) is 23.3 Å². The minimum atomic E-state index is -4.63. The lowest BCUT2D eigenvalue weighted by molar-refractivity contribution is 0.473. The molecule has 0 radical (unpaired) electrons. The number of hydrogen-bond donors (Lipinski definition) is 0. The Labute approximate surface area is 163 Å². The van der Waals surface area contributed by atoms with E-state index in [1.165, 1.54) is 24.5 Å². The second-order valence-electron chi connectivity index (χ2n) is 6.11. The Bertz CT molecular complexity index is 1380. The summed E-state index contributed by atoms with van der Waals surface area (Å²) >= 11 is 0. The molecule has 0 fully saturated rings. The average molecular weight is 414 g/mol. The molecule has 1 heterocycles. The first kappa shape index (κ1) is 18.8. The Balaban J connectivity index is 1.73. The highest BCUT2D eigenvalue weighted by atomic mass is 32.2. The summed E-state index contributed by atoms with van der Waals surface area (Å²) in [4.78, 5) is 11.8. The van der Waals surface area contributed by atoms with Gasteiger partial charge in [0.15, 0.2) is 5.43 Å². The van der Waals surface area contributed by atoms with Gasteiger partial charge in [-0.15, -0.1) is 0 Å². The summed E-state index contributed by atoms with van der Waals surface area (Å²) in [6, 6.07) is 14.7. The largest absolute Gasteiger partial charge is 0.463 e. The number of halogens is 2. The standard InChI is InChI=1S/C21H12F2O5S/c22-14-6-9-18(23)20(10-14)29(25,26)28-15-7-8-16-19(11-15)27-12-17(21(16)24)13-4-2-1-3-5-13/h1-12H. The molecule has 0 aliphatic heterocycles. The van der Waals surface area contributed by atoms with Crippen LogP contribution in [0.2, 0.25) is 0 Å². The third-order valence-electron chi connectivity index (χ3n) is 4.20. The molecule has 1 aromatic heterocycles. The van der Waals surface area contributed by atoms with Crippen molar-refractivity contribution >= 4 is 21.1 Å². The van der Waals surface area contributed by atoms with Crippen molar-refractivity contribution in [2.24, 2.45) is 0 Å². The quantitative estimate of drug-likeness (QED) is 0.460. The summed E-state index contributed by atoms with van der Waals surface area (Å²) in [7, 11) is -4.63. The number of hydrogen-bond acceptors (Lipinski definition) is 5. The fraction of sp³-hybridized carbons (Fsp3) is 0. The van der Waals surface area contributed by atoms with Gasteiger partial charge in [0, 0.05) is 6.07 Å². The second-order valence-corrected chi connectivity index (χ2v) is 7.63. The molecule has 5 nitrogen and oxygen atoms in total. The van der Waals surface area contributed by atoms with Crippen molar-refractivity contribution in [2.75, 3.05) is 0 Å². The van der Waals surface area contributed by atoms with Crippen LogP contribution in [-0.2, 0) is 10.1 Å². The first-order valence-corrected chi connectivity index (χ1v) is 9.76. The van der Waals surface area contributed by atoms with E-state index in [9.17, 15) is 22.0 Å². The van der Waals surface area contributed by atoms with E-state index < -0.39 is 26.6 Å². The fourth-order valence-corrected chi connectivity index (χ4v) is 3.83. The molecule has 0 atom stereocenters. The van der Waals surface area contributed by atoms with Gasteiger partial charge in [-0.25, -0.2) is 8.78 Å². The molecule has 4 aromatic rings. The third kappa shape index (κ3) is 3.62. The van der Waals surface area contributed by atoms with Crippen molar-refractivity contribution in [1.82, 2.24) is 0 Å². The third-order valence-corrected chi connectivity index (χ3v) is 5.46. The van der Waals surface area contributed by atoms with Crippen LogP contribution in [0.1, 0.15) is 0 Å². The minimum absolute atomic E-state index is 0.0853. The van der Waals surface area contributed by atoms with Crippen LogP contribution in [0.4, 0.5) is 8.78 Å². The van der Waals surface area contributed by atoms with Gasteiger partial charge in [-0.3, -0.25) is 4.79 Å². The van der Waals surface area contributed by atoms with Crippen molar-refractivity contribution in [1.29, 1.82) is 0 Å². The van der Waals surface area contributed by atoms with Crippen molar-refractivity contribution in [3.05, 3.63) is 94.9 Å². The van der Waals surface area contributed by atoms with Gasteiger partial charge in [-0.2, -0.15) is 8.42 Å². The zero-order chi connectivity index (χ0) is 20.6. The van der Waals surface area contributed by atoms with Gasteiger partial charge in [-0.1, -0.05) is 30.3 Å². The van der Waals surface area contributed by atoms with E-state index in [2.05, 4.69) is 0 Å². The topological polar surface area (TPSA) is 73.6 Å². The van der Waals surface area contributed by atoms with E-state index in [-0.39, 0.29) is 22.1 Å². The van der Waals surface area contributed by atoms with E-state index in [0.717, 1.165) is 6.07 Å². The van der Waals surface area contributed by atoms with Crippen molar-refractivity contribution in [3.63, 3.8) is 0 Å². The fourth-order valence-electron chi connectivity index (χ4n) is 2.82. The van der Waals surface area contributed by atoms with Crippen LogP contribution in [0.5, 0.6) is 5.75 Å². The summed E-state index contributed by atoms with van der Waals surface area (Å²) in [5, 5.41) is 0.216. The number of fused-ring (bicyclic) bond motifs is 1. The van der Waals surface area contributed by atoms with Crippen LogP contribution in [-0.4, -0.2) is 8.42 Å². The second kappa shape index (κ2) is 7.14. The SMILES string of the molecule is O=c1c(-c2ccccc2)coc2cc(OS(=O)(=O)c3cc(F)ccc3F)ccc12. The maximum atomic E-state index is 13.8. The van der Waals surface area contributed by atoms with Gasteiger partial charge in [0.25, 0.3) is 0 Å². The highest BCUT2D eigenvalue weighted by Gasteiger charge is 2.23. The molecular formula is C21H12F2O5S. The molecule has 8 heteroatoms. The lowest BCUT2D eigenvalue weighted by Crippen LogP contribution is -2.12. The van der Waals surface area contributed by atoms with Crippen molar-refractivity contribution in [2.45, 2.75) is 4.90 Å². The smallest absolute Gasteiger partial charge is 0.342 e. The van der Waals surface area contributed by atoms with E-state index in [1.54, 1.807) is 24.3 Å². The molecule has 0 N–H and O–H groups in total. The van der Waals surface area contributed by atoms with Crippen LogP contribution in [0, 0.1) is 11.6 Å². The van der Waals surface area contributed by atoms with E-state index >= 15 is 0 Å². The maximum absolute atomic E-state index is 13.8. The lowest BCUT2D eigenvalue weighted by atomic mass is 10.1. The van der Waals surface area contributed by atoms with Crippen molar-refractivity contribution in [3.8, 4) is 16.9 Å². The molecule has 0 saturated carbocycles. The number of rotatable bonds is 4. The van der Waals surface area contributed by atoms with Crippen LogP contribution in [0.15, 0.2) is 87.1 Å². The van der Waals surface area contributed by atoms with Gasteiger partial charge >= 0.3 is 10.1 Å². The van der Waals surface area contributed by atoms with Crippen LogP contribution < -0.4 is 9.61 Å². The van der Waals surface area contributed by atoms with Gasteiger partial charge in [-0.05, 0) is 35.9 Å². The molecule has 0 unspecified atom stereocenters. The summed E-state index contributed by atoms with van der Waals surface area (Å²) in [6.07, 6.45) is 1.27. The maximum Gasteiger partial charge on any atom is 0.342 e. The molecule has 29 heavy (non-hydrogen) atoms. The van der Waals surface area contributed by atoms with Gasteiger partial charge in [0.2, 0.25) is 0 Å². The molecule has 4 rings (SSSR count). The highest BCUT2D eigenvalue weighted by Crippen LogP contribution is 2.26. The molecule has 3 aromatic carbocycles. The zero-order valence-electron chi connectivity index (χ0n) is 14.6. The number of benzene rings is 3. The van der Waals surface area contributed by atoms with Crippen LogP contribution in [0.3, 0.4) is 0 Å². The Morgan fingerprint density at radius 2 is 1.66 bits per heavy atom. The van der Waals surface area contributed by atoms with Crippen molar-refractivity contribution < 1.29 is 25.8 Å². The minimum Gasteiger partial charge on any atom is -0.463 e. The van der Waals surface area contributed by atoms with Gasteiger partial charge in [0.05, 0.1) is 10.9 Å². The average Bonchev–Trinajstić information content (AvgIpc) is 2.70. The van der Waals surface area contributed by atoms with E-state index in [1.807, 2.05) is 6.07 Å². The molecular weight excluding hydrogens is 402 g/mol. The van der Waals surface area contributed by atoms with Gasteiger partial charge < -0.3 is 8.60 Å². The van der Waals surface area contributed by atoms with E-state index in [4.69, 9.17) is 8.60 Å². The summed E-state index contributed by atoms with van der Waals surface area (Å²) in [5.74, 6) is -2.28. The summed E-state index contributed by atoms with van der Waals surface area (Å²) in [5.41, 5.74) is 0.805. The van der Waals surface area contributed by atoms with Crippen LogP contribution in [0.25, 0.3) is 22.1 Å². The Kier molecular flexibility index (Phi) is 4.63. The predicted molar refractivity (Wildman–Crippen MR) is 102 cm³/mol. The normalized spacial score (nSPS) is 11.5. The molecule has 146 valence electrons. The Morgan fingerprint density at radius 3 is 2.41 bits per heavy atom. The molecule has 0 amide bonds.